The van der Waals surface area contributed by atoms with Crippen LogP contribution in [-0.4, -0.2) is 39.8 Å². The molecule has 5 rings (SSSR count). The summed E-state index contributed by atoms with van der Waals surface area (Å²) in [7, 11) is 1.53. The van der Waals surface area contributed by atoms with Crippen LogP contribution in [0.25, 0.3) is 0 Å². The van der Waals surface area contributed by atoms with Gasteiger partial charge in [0.25, 0.3) is 0 Å². The summed E-state index contributed by atoms with van der Waals surface area (Å²) in [6.45, 7) is 4.71. The Kier molecular flexibility index (Phi) is 5.58. The van der Waals surface area contributed by atoms with Crippen molar-refractivity contribution < 1.29 is 22.6 Å². The maximum absolute atomic E-state index is 13.3. The molecule has 1 N–H and O–H groups in total. The maximum atomic E-state index is 13.3. The largest absolute Gasteiger partial charge is 0.491 e. The normalized spacial score (nSPS) is 25.8. The number of fused-ring (bicyclic) bond motifs is 3. The van der Waals surface area contributed by atoms with Gasteiger partial charge in [-0.15, -0.1) is 0 Å². The second kappa shape index (κ2) is 7.81. The van der Waals surface area contributed by atoms with E-state index in [4.69, 9.17) is 21.1 Å². The minimum Gasteiger partial charge on any atom is -0.491 e. The molecule has 1 aliphatic carbocycles. The average molecular weight is 460 g/mol. The summed E-state index contributed by atoms with van der Waals surface area (Å²) in [5.74, 6) is 1.37. The zero-order chi connectivity index (χ0) is 22.4. The number of ether oxygens (including phenoxy) is 2. The Balaban J connectivity index is 1.52. The van der Waals surface area contributed by atoms with E-state index in [0.29, 0.717) is 43.4 Å². The minimum atomic E-state index is -4.49. The van der Waals surface area contributed by atoms with Gasteiger partial charge < -0.3 is 19.4 Å². The number of methoxy groups -OCH3 is 1. The summed E-state index contributed by atoms with van der Waals surface area (Å²) in [4.78, 5) is 12.1. The Hall–Kier alpha value is -2.07. The first-order valence-electron chi connectivity index (χ1n) is 10.2. The van der Waals surface area contributed by atoms with E-state index in [0.717, 1.165) is 19.0 Å². The van der Waals surface area contributed by atoms with Crippen molar-refractivity contribution in [1.29, 1.82) is 0 Å². The second-order valence-corrected chi connectivity index (χ2v) is 8.98. The fourth-order valence-electron chi connectivity index (χ4n) is 4.44. The molecule has 3 aliphatic rings. The van der Waals surface area contributed by atoms with Crippen molar-refractivity contribution in [1.82, 2.24) is 19.5 Å². The van der Waals surface area contributed by atoms with E-state index in [-0.39, 0.29) is 16.7 Å². The van der Waals surface area contributed by atoms with Gasteiger partial charge in [-0.25, -0.2) is 9.97 Å². The summed E-state index contributed by atoms with van der Waals surface area (Å²) in [5, 5.41) is 3.40. The highest BCUT2D eigenvalue weighted by molar-refractivity contribution is 6.28. The molecule has 170 valence electrons. The van der Waals surface area contributed by atoms with Crippen LogP contribution in [0.3, 0.4) is 0 Å². The third-order valence-electron chi connectivity index (χ3n) is 6.34. The molecule has 3 fully saturated rings. The summed E-state index contributed by atoms with van der Waals surface area (Å²) in [6.07, 6.45) is 0.930. The van der Waals surface area contributed by atoms with Gasteiger partial charge in [0, 0.05) is 24.2 Å². The number of hydrogen-bond donors (Lipinski definition) is 1. The second-order valence-electron chi connectivity index (χ2n) is 8.64. The Bertz CT molecular complexity index is 938. The first kappa shape index (κ1) is 22.1. The predicted molar refractivity (Wildman–Crippen MR) is 108 cm³/mol. The van der Waals surface area contributed by atoms with E-state index >= 15 is 0 Å². The van der Waals surface area contributed by atoms with Gasteiger partial charge >= 0.3 is 6.18 Å². The van der Waals surface area contributed by atoms with E-state index in [1.54, 1.807) is 4.57 Å². The quantitative estimate of drug-likeness (QED) is 0.623. The molecular weight excluding hydrogens is 435 g/mol. The van der Waals surface area contributed by atoms with E-state index in [2.05, 4.69) is 20.3 Å². The molecule has 2 aliphatic heterocycles. The van der Waals surface area contributed by atoms with Crippen LogP contribution in [0.4, 0.5) is 19.0 Å². The molecule has 2 saturated heterocycles. The molecule has 0 aromatic carbocycles. The lowest BCUT2D eigenvalue weighted by molar-refractivity contribution is -0.190. The molecule has 7 nitrogen and oxygen atoms in total. The summed E-state index contributed by atoms with van der Waals surface area (Å²) in [5.41, 5.74) is -1.80. The molecule has 0 spiro atoms. The molecule has 0 atom stereocenters. The number of imidazole rings is 1. The Morgan fingerprint density at radius 2 is 1.97 bits per heavy atom. The molecule has 31 heavy (non-hydrogen) atoms. The minimum absolute atomic E-state index is 0.115. The van der Waals surface area contributed by atoms with Crippen LogP contribution in [0.1, 0.15) is 57.1 Å². The number of alkyl halides is 3. The van der Waals surface area contributed by atoms with E-state index in [1.807, 2.05) is 13.8 Å². The molecular formula is C20H25ClF3N5O2. The van der Waals surface area contributed by atoms with Crippen molar-refractivity contribution >= 4 is 17.4 Å². The molecule has 0 amide bonds. The summed E-state index contributed by atoms with van der Waals surface area (Å²) >= 11 is 5.90. The molecule has 2 bridgehead atoms. The highest BCUT2D eigenvalue weighted by Crippen LogP contribution is 2.54. The smallest absolute Gasteiger partial charge is 0.434 e. The lowest BCUT2D eigenvalue weighted by Gasteiger charge is -2.52. The predicted octanol–water partition coefficient (Wildman–Crippen LogP) is 4.83. The van der Waals surface area contributed by atoms with Crippen LogP contribution < -0.4 is 10.1 Å². The van der Waals surface area contributed by atoms with Crippen LogP contribution in [-0.2, 0) is 16.5 Å². The number of anilines is 1. The highest BCUT2D eigenvalue weighted by Gasteiger charge is 2.53. The van der Waals surface area contributed by atoms with Gasteiger partial charge in [-0.2, -0.15) is 18.2 Å². The molecule has 4 heterocycles. The number of hydrogen-bond acceptors (Lipinski definition) is 6. The number of rotatable bonds is 6. The number of nitrogens with zero attached hydrogens (tertiary/aromatic N) is 4. The SMILES string of the molecule is COc1cnc(Cl)nc1NCC12CCC(c3nc(C(F)(F)F)cn3C(C)C)(CC1)OC2. The first-order chi connectivity index (χ1) is 14.6. The van der Waals surface area contributed by atoms with Crippen LogP contribution >= 0.6 is 11.6 Å². The van der Waals surface area contributed by atoms with Crippen LogP contribution in [0.5, 0.6) is 5.75 Å². The number of nitrogens with one attached hydrogen (secondary N) is 1. The van der Waals surface area contributed by atoms with Crippen LogP contribution in [0.15, 0.2) is 12.4 Å². The maximum Gasteiger partial charge on any atom is 0.434 e. The van der Waals surface area contributed by atoms with Gasteiger partial charge in [0.2, 0.25) is 5.28 Å². The van der Waals surface area contributed by atoms with Gasteiger partial charge in [0.1, 0.15) is 11.4 Å². The topological polar surface area (TPSA) is 74.1 Å². The molecule has 0 radical (unpaired) electrons. The zero-order valence-electron chi connectivity index (χ0n) is 17.6. The average Bonchev–Trinajstić information content (AvgIpc) is 3.21. The lowest BCUT2D eigenvalue weighted by atomic mass is 9.65. The number of aromatic nitrogens is 4. The Morgan fingerprint density at radius 3 is 2.52 bits per heavy atom. The number of halogens is 4. The van der Waals surface area contributed by atoms with Gasteiger partial charge in [0.05, 0.1) is 19.9 Å². The zero-order valence-corrected chi connectivity index (χ0v) is 18.3. The van der Waals surface area contributed by atoms with E-state index in [1.165, 1.54) is 13.3 Å². The van der Waals surface area contributed by atoms with E-state index < -0.39 is 17.5 Å². The lowest BCUT2D eigenvalue weighted by Crippen LogP contribution is -2.53. The standard InChI is InChI=1S/C20H25ClF3N5O2/c1-12(2)29-9-14(20(22,23)24)27-16(29)19-6-4-18(5-7-19,11-31-19)10-26-15-13(30-3)8-25-17(21)28-15/h8-9,12H,4-7,10-11H2,1-3H3,(H,25,26,28). The van der Waals surface area contributed by atoms with Crippen molar-refractivity contribution in [2.75, 3.05) is 25.6 Å². The molecule has 2 aromatic heterocycles. The highest BCUT2D eigenvalue weighted by atomic mass is 35.5. The molecule has 2 aromatic rings. The van der Waals surface area contributed by atoms with Gasteiger partial charge in [0.15, 0.2) is 17.3 Å². The van der Waals surface area contributed by atoms with Crippen molar-refractivity contribution in [2.45, 2.75) is 57.3 Å². The van der Waals surface area contributed by atoms with Gasteiger partial charge in [-0.1, -0.05) is 0 Å². The molecule has 0 unspecified atom stereocenters. The van der Waals surface area contributed by atoms with Crippen molar-refractivity contribution in [3.63, 3.8) is 0 Å². The monoisotopic (exact) mass is 459 g/mol. The fraction of sp³-hybridized carbons (Fsp3) is 0.650. The molecule has 11 heteroatoms. The summed E-state index contributed by atoms with van der Waals surface area (Å²) < 4.78 is 53.1. The van der Waals surface area contributed by atoms with E-state index in [9.17, 15) is 13.2 Å². The van der Waals surface area contributed by atoms with Crippen molar-refractivity contribution in [3.8, 4) is 5.75 Å². The van der Waals surface area contributed by atoms with Crippen molar-refractivity contribution in [3.05, 3.63) is 29.2 Å². The third kappa shape index (κ3) is 4.07. The Labute approximate surface area is 183 Å². The fourth-order valence-corrected chi connectivity index (χ4v) is 4.57. The molecule has 1 saturated carbocycles. The van der Waals surface area contributed by atoms with Gasteiger partial charge in [-0.3, -0.25) is 0 Å². The third-order valence-corrected chi connectivity index (χ3v) is 6.52. The van der Waals surface area contributed by atoms with Crippen LogP contribution in [0.2, 0.25) is 5.28 Å². The van der Waals surface area contributed by atoms with Crippen LogP contribution in [0, 0.1) is 5.41 Å². The van der Waals surface area contributed by atoms with Crippen molar-refractivity contribution in [2.24, 2.45) is 5.41 Å². The summed E-state index contributed by atoms with van der Waals surface area (Å²) in [6, 6.07) is -0.151. The van der Waals surface area contributed by atoms with Gasteiger partial charge in [-0.05, 0) is 51.1 Å². The Morgan fingerprint density at radius 1 is 1.26 bits per heavy atom. The first-order valence-corrected chi connectivity index (χ1v) is 10.6.